The maximum atomic E-state index is 5.21. The third-order valence-electron chi connectivity index (χ3n) is 2.38. The average molecular weight is 246 g/mol. The van der Waals surface area contributed by atoms with Gasteiger partial charge < -0.3 is 15.6 Å². The van der Waals surface area contributed by atoms with Gasteiger partial charge in [-0.2, -0.15) is 0 Å². The van der Waals surface area contributed by atoms with Crippen molar-refractivity contribution in [2.75, 3.05) is 10.6 Å². The molecule has 1 aromatic heterocycles. The van der Waals surface area contributed by atoms with Crippen molar-refractivity contribution >= 4 is 29.0 Å². The number of benzene rings is 1. The highest BCUT2D eigenvalue weighted by molar-refractivity contribution is 7.80. The molecule has 3 N–H and O–H groups in total. The highest BCUT2D eigenvalue weighted by atomic mass is 32.1. The number of hydrogen-bond acceptors (Lipinski definition) is 2. The zero-order chi connectivity index (χ0) is 12.1. The molecule has 0 aliphatic rings. The van der Waals surface area contributed by atoms with Crippen LogP contribution in [0.4, 0.5) is 11.6 Å². The van der Waals surface area contributed by atoms with Crippen molar-refractivity contribution in [1.29, 1.82) is 0 Å². The Balaban J connectivity index is 2.03. The molecule has 1 heterocycles. The molecule has 0 unspecified atom stereocenters. The van der Waals surface area contributed by atoms with E-state index in [4.69, 9.17) is 12.2 Å². The lowest BCUT2D eigenvalue weighted by atomic mass is 10.1. The molecule has 1 aromatic carbocycles. The number of para-hydroxylation sites is 1. The summed E-state index contributed by atoms with van der Waals surface area (Å²) < 4.78 is 0. The Labute approximate surface area is 105 Å². The summed E-state index contributed by atoms with van der Waals surface area (Å²) >= 11 is 5.21. The van der Waals surface area contributed by atoms with E-state index in [1.165, 1.54) is 5.56 Å². The topological polar surface area (TPSA) is 52.7 Å². The van der Waals surface area contributed by atoms with Crippen LogP contribution in [0.5, 0.6) is 0 Å². The predicted octanol–water partition coefficient (Wildman–Crippen LogP) is 2.78. The van der Waals surface area contributed by atoms with Crippen LogP contribution in [0.15, 0.2) is 36.7 Å². The Bertz CT molecular complexity index is 493. The van der Waals surface area contributed by atoms with Gasteiger partial charge in [0.05, 0.1) is 0 Å². The molecule has 0 saturated heterocycles. The van der Waals surface area contributed by atoms with Gasteiger partial charge in [0.25, 0.3) is 0 Å². The number of hydrogen-bond donors (Lipinski definition) is 3. The Kier molecular flexibility index (Phi) is 3.72. The van der Waals surface area contributed by atoms with Crippen molar-refractivity contribution < 1.29 is 0 Å². The standard InChI is InChI=1S/C12H14N4S/c1-2-9-5-3-4-6-10(9)15-12(17)16-11-13-7-8-14-11/h3-8H,2H2,1H3,(H3,13,14,15,16,17). The van der Waals surface area contributed by atoms with E-state index < -0.39 is 0 Å². The van der Waals surface area contributed by atoms with E-state index >= 15 is 0 Å². The summed E-state index contributed by atoms with van der Waals surface area (Å²) in [6.07, 6.45) is 4.38. The molecular weight excluding hydrogens is 232 g/mol. The molecule has 17 heavy (non-hydrogen) atoms. The molecule has 0 radical (unpaired) electrons. The van der Waals surface area contributed by atoms with Crippen molar-refractivity contribution in [3.8, 4) is 0 Å². The lowest BCUT2D eigenvalue weighted by Gasteiger charge is -2.11. The minimum Gasteiger partial charge on any atom is -0.332 e. The SMILES string of the molecule is CCc1ccccc1NC(=S)Nc1ncc[nH]1. The zero-order valence-corrected chi connectivity index (χ0v) is 10.3. The third-order valence-corrected chi connectivity index (χ3v) is 2.58. The minimum absolute atomic E-state index is 0.529. The van der Waals surface area contributed by atoms with Gasteiger partial charge in [-0.1, -0.05) is 25.1 Å². The van der Waals surface area contributed by atoms with Gasteiger partial charge in [0.15, 0.2) is 5.11 Å². The molecule has 4 nitrogen and oxygen atoms in total. The molecule has 0 aliphatic carbocycles. The summed E-state index contributed by atoms with van der Waals surface area (Å²) in [5.41, 5.74) is 2.26. The first-order valence-corrected chi connectivity index (χ1v) is 5.85. The van der Waals surface area contributed by atoms with E-state index in [2.05, 4.69) is 33.6 Å². The first-order chi connectivity index (χ1) is 8.29. The Morgan fingerprint density at radius 1 is 1.35 bits per heavy atom. The van der Waals surface area contributed by atoms with Gasteiger partial charge >= 0.3 is 0 Å². The molecule has 0 atom stereocenters. The molecule has 0 spiro atoms. The average Bonchev–Trinajstić information content (AvgIpc) is 2.82. The molecule has 0 amide bonds. The van der Waals surface area contributed by atoms with Crippen LogP contribution in [0.3, 0.4) is 0 Å². The highest BCUT2D eigenvalue weighted by Crippen LogP contribution is 2.15. The maximum absolute atomic E-state index is 5.21. The van der Waals surface area contributed by atoms with Gasteiger partial charge in [-0.15, -0.1) is 0 Å². The fraction of sp³-hybridized carbons (Fsp3) is 0.167. The number of thiocarbonyl (C=S) groups is 1. The fourth-order valence-electron chi connectivity index (χ4n) is 1.55. The predicted molar refractivity (Wildman–Crippen MR) is 74.3 cm³/mol. The summed E-state index contributed by atoms with van der Waals surface area (Å²) in [5.74, 6) is 0.636. The quantitative estimate of drug-likeness (QED) is 0.729. The second-order valence-electron chi connectivity index (χ2n) is 3.53. The zero-order valence-electron chi connectivity index (χ0n) is 9.53. The van der Waals surface area contributed by atoms with Crippen molar-refractivity contribution in [3.05, 3.63) is 42.2 Å². The van der Waals surface area contributed by atoms with E-state index in [0.717, 1.165) is 12.1 Å². The Hall–Kier alpha value is -1.88. The van der Waals surface area contributed by atoms with E-state index in [1.807, 2.05) is 18.2 Å². The smallest absolute Gasteiger partial charge is 0.206 e. The highest BCUT2D eigenvalue weighted by Gasteiger charge is 2.03. The monoisotopic (exact) mass is 246 g/mol. The number of aryl methyl sites for hydroxylation is 1. The lowest BCUT2D eigenvalue weighted by Crippen LogP contribution is -2.20. The largest absolute Gasteiger partial charge is 0.332 e. The third kappa shape index (κ3) is 3.04. The van der Waals surface area contributed by atoms with Crippen LogP contribution in [0.2, 0.25) is 0 Å². The van der Waals surface area contributed by atoms with Crippen molar-refractivity contribution in [3.63, 3.8) is 0 Å². The molecule has 2 aromatic rings. The fourth-order valence-corrected chi connectivity index (χ4v) is 1.75. The van der Waals surface area contributed by atoms with Gasteiger partial charge in [-0.25, -0.2) is 4.98 Å². The van der Waals surface area contributed by atoms with Gasteiger partial charge in [0, 0.05) is 18.1 Å². The van der Waals surface area contributed by atoms with E-state index in [9.17, 15) is 0 Å². The van der Waals surface area contributed by atoms with Gasteiger partial charge in [0.1, 0.15) is 0 Å². The molecule has 0 aliphatic heterocycles. The Morgan fingerprint density at radius 2 is 2.18 bits per heavy atom. The molecule has 88 valence electrons. The summed E-state index contributed by atoms with van der Waals surface area (Å²) in [4.78, 5) is 6.98. The van der Waals surface area contributed by atoms with Crippen LogP contribution in [0.1, 0.15) is 12.5 Å². The first-order valence-electron chi connectivity index (χ1n) is 5.45. The van der Waals surface area contributed by atoms with Crippen molar-refractivity contribution in [2.45, 2.75) is 13.3 Å². The Morgan fingerprint density at radius 3 is 2.88 bits per heavy atom. The van der Waals surface area contributed by atoms with Crippen molar-refractivity contribution in [2.24, 2.45) is 0 Å². The summed E-state index contributed by atoms with van der Waals surface area (Å²) in [6.45, 7) is 2.11. The number of nitrogens with zero attached hydrogens (tertiary/aromatic N) is 1. The van der Waals surface area contributed by atoms with Gasteiger partial charge in [0.2, 0.25) is 5.95 Å². The second-order valence-corrected chi connectivity index (χ2v) is 3.94. The maximum Gasteiger partial charge on any atom is 0.206 e. The van der Waals surface area contributed by atoms with Gasteiger partial charge in [-0.3, -0.25) is 0 Å². The minimum atomic E-state index is 0.529. The van der Waals surface area contributed by atoms with Crippen LogP contribution < -0.4 is 10.6 Å². The number of H-pyrrole nitrogens is 1. The van der Waals surface area contributed by atoms with Crippen LogP contribution in [-0.2, 0) is 6.42 Å². The number of aromatic nitrogens is 2. The van der Waals surface area contributed by atoms with Crippen LogP contribution in [-0.4, -0.2) is 15.1 Å². The van der Waals surface area contributed by atoms with Crippen molar-refractivity contribution in [1.82, 2.24) is 9.97 Å². The number of aromatic amines is 1. The molecule has 0 bridgehead atoms. The molecule has 0 saturated carbocycles. The first kappa shape index (κ1) is 11.6. The van der Waals surface area contributed by atoms with Crippen LogP contribution in [0, 0.1) is 0 Å². The lowest BCUT2D eigenvalue weighted by molar-refractivity contribution is 1.14. The summed E-state index contributed by atoms with van der Waals surface area (Å²) in [7, 11) is 0. The number of rotatable bonds is 3. The summed E-state index contributed by atoms with van der Waals surface area (Å²) in [6, 6.07) is 8.09. The number of imidazole rings is 1. The molecule has 2 rings (SSSR count). The van der Waals surface area contributed by atoms with Crippen LogP contribution >= 0.6 is 12.2 Å². The molecule has 5 heteroatoms. The van der Waals surface area contributed by atoms with E-state index in [0.29, 0.717) is 11.1 Å². The molecule has 0 fully saturated rings. The van der Waals surface area contributed by atoms with E-state index in [-0.39, 0.29) is 0 Å². The summed E-state index contributed by atoms with van der Waals surface area (Å²) in [5, 5.41) is 6.66. The number of nitrogens with one attached hydrogen (secondary N) is 3. The normalized spacial score (nSPS) is 9.94. The second kappa shape index (κ2) is 5.45. The van der Waals surface area contributed by atoms with E-state index in [1.54, 1.807) is 12.4 Å². The van der Waals surface area contributed by atoms with Gasteiger partial charge in [-0.05, 0) is 30.3 Å². The number of anilines is 2. The molecular formula is C12H14N4S. The van der Waals surface area contributed by atoms with Crippen LogP contribution in [0.25, 0.3) is 0 Å².